The quantitative estimate of drug-likeness (QED) is 0.928. The summed E-state index contributed by atoms with van der Waals surface area (Å²) in [5.74, 6) is -0.541. The number of rotatable bonds is 4. The van der Waals surface area contributed by atoms with E-state index >= 15 is 0 Å². The van der Waals surface area contributed by atoms with Crippen molar-refractivity contribution in [1.82, 2.24) is 4.90 Å². The summed E-state index contributed by atoms with van der Waals surface area (Å²) in [6, 6.07) is 15.8. The van der Waals surface area contributed by atoms with Crippen molar-refractivity contribution >= 4 is 5.91 Å². The van der Waals surface area contributed by atoms with Crippen LogP contribution in [0.15, 0.2) is 54.6 Å². The lowest BCUT2D eigenvalue weighted by Crippen LogP contribution is -2.39. The third-order valence-electron chi connectivity index (χ3n) is 4.88. The van der Waals surface area contributed by atoms with Gasteiger partial charge in [-0.1, -0.05) is 49.4 Å². The molecule has 1 aliphatic heterocycles. The summed E-state index contributed by atoms with van der Waals surface area (Å²) in [6.45, 7) is 2.58. The van der Waals surface area contributed by atoms with Gasteiger partial charge >= 0.3 is 0 Å². The molecule has 3 atom stereocenters. The molecule has 0 aliphatic carbocycles. The Kier molecular flexibility index (Phi) is 4.95. The predicted octanol–water partition coefficient (Wildman–Crippen LogP) is 3.83. The van der Waals surface area contributed by atoms with Crippen molar-refractivity contribution in [2.24, 2.45) is 11.7 Å². The standard InChI is InChI=1S/C20H23FN2O/c1-14(19(22)15-7-3-2-4-8-15)20(24)23-12-6-11-18(23)16-9-5-10-17(21)13-16/h2-5,7-10,13-14,18-19H,6,11-12,22H2,1H3. The van der Waals surface area contributed by atoms with E-state index in [2.05, 4.69) is 0 Å². The number of nitrogens with two attached hydrogens (primary N) is 1. The summed E-state index contributed by atoms with van der Waals surface area (Å²) < 4.78 is 13.5. The van der Waals surface area contributed by atoms with E-state index in [-0.39, 0.29) is 29.7 Å². The van der Waals surface area contributed by atoms with Crippen molar-refractivity contribution in [3.63, 3.8) is 0 Å². The summed E-state index contributed by atoms with van der Waals surface area (Å²) in [5.41, 5.74) is 8.13. The summed E-state index contributed by atoms with van der Waals surface area (Å²) in [5, 5.41) is 0. The van der Waals surface area contributed by atoms with E-state index in [1.807, 2.05) is 48.2 Å². The monoisotopic (exact) mass is 326 g/mol. The first-order valence-electron chi connectivity index (χ1n) is 8.44. The Labute approximate surface area is 142 Å². The van der Waals surface area contributed by atoms with Gasteiger partial charge in [0.15, 0.2) is 0 Å². The van der Waals surface area contributed by atoms with Gasteiger partial charge in [-0.2, -0.15) is 0 Å². The normalized spacial score (nSPS) is 20.0. The predicted molar refractivity (Wildman–Crippen MR) is 92.6 cm³/mol. The molecule has 0 bridgehead atoms. The number of carbonyl (C=O) groups excluding carboxylic acids is 1. The second-order valence-corrected chi connectivity index (χ2v) is 6.47. The maximum absolute atomic E-state index is 13.5. The van der Waals surface area contributed by atoms with E-state index < -0.39 is 0 Å². The first-order chi connectivity index (χ1) is 11.6. The number of nitrogens with zero attached hydrogens (tertiary/aromatic N) is 1. The zero-order valence-electron chi connectivity index (χ0n) is 13.9. The number of amides is 1. The zero-order valence-corrected chi connectivity index (χ0v) is 13.9. The number of hydrogen-bond acceptors (Lipinski definition) is 2. The van der Waals surface area contributed by atoms with E-state index in [1.165, 1.54) is 12.1 Å². The Balaban J connectivity index is 1.78. The van der Waals surface area contributed by atoms with Crippen molar-refractivity contribution < 1.29 is 9.18 Å². The molecule has 126 valence electrons. The average molecular weight is 326 g/mol. The third-order valence-corrected chi connectivity index (χ3v) is 4.88. The summed E-state index contributed by atoms with van der Waals surface area (Å²) in [7, 11) is 0. The molecule has 0 saturated carbocycles. The fourth-order valence-corrected chi connectivity index (χ4v) is 3.47. The lowest BCUT2D eigenvalue weighted by molar-refractivity contribution is -0.136. The van der Waals surface area contributed by atoms with Crippen molar-refractivity contribution in [2.45, 2.75) is 31.8 Å². The highest BCUT2D eigenvalue weighted by Crippen LogP contribution is 2.34. The zero-order chi connectivity index (χ0) is 17.1. The maximum atomic E-state index is 13.5. The maximum Gasteiger partial charge on any atom is 0.227 e. The molecule has 0 radical (unpaired) electrons. The van der Waals surface area contributed by atoms with Gasteiger partial charge in [0.05, 0.1) is 12.0 Å². The lowest BCUT2D eigenvalue weighted by Gasteiger charge is -2.30. The number of halogens is 1. The van der Waals surface area contributed by atoms with Crippen LogP contribution in [0.5, 0.6) is 0 Å². The molecule has 0 spiro atoms. The topological polar surface area (TPSA) is 46.3 Å². The van der Waals surface area contributed by atoms with E-state index in [1.54, 1.807) is 6.07 Å². The first-order valence-corrected chi connectivity index (χ1v) is 8.44. The molecule has 3 nitrogen and oxygen atoms in total. The van der Waals surface area contributed by atoms with E-state index in [9.17, 15) is 9.18 Å². The number of carbonyl (C=O) groups is 1. The molecule has 1 fully saturated rings. The van der Waals surface area contributed by atoms with Crippen LogP contribution < -0.4 is 5.73 Å². The Morgan fingerprint density at radius 1 is 1.21 bits per heavy atom. The van der Waals surface area contributed by atoms with Gasteiger partial charge in [0, 0.05) is 12.6 Å². The molecule has 0 aromatic heterocycles. The molecular weight excluding hydrogens is 303 g/mol. The molecule has 1 aliphatic rings. The molecule has 4 heteroatoms. The SMILES string of the molecule is CC(C(=O)N1CCCC1c1cccc(F)c1)C(N)c1ccccc1. The van der Waals surface area contributed by atoms with Crippen LogP contribution in [-0.4, -0.2) is 17.4 Å². The molecule has 2 N–H and O–H groups in total. The van der Waals surface area contributed by atoms with Gasteiger partial charge < -0.3 is 10.6 Å². The van der Waals surface area contributed by atoms with E-state index in [4.69, 9.17) is 5.73 Å². The van der Waals surface area contributed by atoms with Crippen molar-refractivity contribution in [1.29, 1.82) is 0 Å². The number of benzene rings is 2. The average Bonchev–Trinajstić information content (AvgIpc) is 3.10. The van der Waals surface area contributed by atoms with Crippen LogP contribution in [0.4, 0.5) is 4.39 Å². The Hall–Kier alpha value is -2.20. The van der Waals surface area contributed by atoms with E-state index in [0.29, 0.717) is 6.54 Å². The van der Waals surface area contributed by atoms with Crippen molar-refractivity contribution in [3.05, 3.63) is 71.5 Å². The van der Waals surface area contributed by atoms with Crippen molar-refractivity contribution in [2.75, 3.05) is 6.54 Å². The highest BCUT2D eigenvalue weighted by Gasteiger charge is 2.34. The smallest absolute Gasteiger partial charge is 0.227 e. The van der Waals surface area contributed by atoms with Crippen LogP contribution in [0.1, 0.15) is 43.0 Å². The van der Waals surface area contributed by atoms with Crippen LogP contribution in [-0.2, 0) is 4.79 Å². The number of hydrogen-bond donors (Lipinski definition) is 1. The van der Waals surface area contributed by atoms with Crippen LogP contribution in [0.25, 0.3) is 0 Å². The minimum absolute atomic E-state index is 0.0399. The third kappa shape index (κ3) is 3.34. The minimum Gasteiger partial charge on any atom is -0.335 e. The van der Waals surface area contributed by atoms with Gasteiger partial charge in [0.2, 0.25) is 5.91 Å². The van der Waals surface area contributed by atoms with Gasteiger partial charge in [0.25, 0.3) is 0 Å². The van der Waals surface area contributed by atoms with Crippen LogP contribution >= 0.6 is 0 Å². The van der Waals surface area contributed by atoms with Crippen molar-refractivity contribution in [3.8, 4) is 0 Å². The fourth-order valence-electron chi connectivity index (χ4n) is 3.47. The molecule has 1 saturated heterocycles. The van der Waals surface area contributed by atoms with Crippen LogP contribution in [0, 0.1) is 11.7 Å². The lowest BCUT2D eigenvalue weighted by atomic mass is 9.93. The van der Waals surface area contributed by atoms with Gasteiger partial charge in [-0.3, -0.25) is 4.79 Å². The molecule has 3 rings (SSSR count). The molecular formula is C20H23FN2O. The van der Waals surface area contributed by atoms with E-state index in [0.717, 1.165) is 24.0 Å². The molecule has 24 heavy (non-hydrogen) atoms. The second-order valence-electron chi connectivity index (χ2n) is 6.47. The summed E-state index contributed by atoms with van der Waals surface area (Å²) >= 11 is 0. The van der Waals surface area contributed by atoms with Gasteiger partial charge in [-0.05, 0) is 36.1 Å². The first kappa shape index (κ1) is 16.7. The molecule has 1 amide bonds. The highest BCUT2D eigenvalue weighted by atomic mass is 19.1. The molecule has 3 unspecified atom stereocenters. The Bertz CT molecular complexity index is 704. The van der Waals surface area contributed by atoms with Gasteiger partial charge in [-0.15, -0.1) is 0 Å². The number of likely N-dealkylation sites (tertiary alicyclic amines) is 1. The van der Waals surface area contributed by atoms with Crippen LogP contribution in [0.2, 0.25) is 0 Å². The Morgan fingerprint density at radius 2 is 1.96 bits per heavy atom. The minimum atomic E-state index is -0.340. The molecule has 2 aromatic carbocycles. The summed E-state index contributed by atoms with van der Waals surface area (Å²) in [6.07, 6.45) is 1.79. The van der Waals surface area contributed by atoms with Crippen LogP contribution in [0.3, 0.4) is 0 Å². The summed E-state index contributed by atoms with van der Waals surface area (Å²) in [4.78, 5) is 14.8. The van der Waals surface area contributed by atoms with Gasteiger partial charge in [0.1, 0.15) is 5.82 Å². The second kappa shape index (κ2) is 7.14. The molecule has 1 heterocycles. The Morgan fingerprint density at radius 3 is 2.67 bits per heavy atom. The fraction of sp³-hybridized carbons (Fsp3) is 0.350. The highest BCUT2D eigenvalue weighted by molar-refractivity contribution is 5.80. The largest absolute Gasteiger partial charge is 0.335 e. The van der Waals surface area contributed by atoms with Gasteiger partial charge in [-0.25, -0.2) is 4.39 Å². The molecule has 2 aromatic rings.